The van der Waals surface area contributed by atoms with Crippen molar-refractivity contribution < 1.29 is 9.59 Å². The molecule has 1 aliphatic heterocycles. The highest BCUT2D eigenvalue weighted by atomic mass is 35.5. The average Bonchev–Trinajstić information content (AvgIpc) is 2.76. The maximum atomic E-state index is 13.4. The van der Waals surface area contributed by atoms with E-state index < -0.39 is 0 Å². The van der Waals surface area contributed by atoms with Gasteiger partial charge >= 0.3 is 6.03 Å². The predicted molar refractivity (Wildman–Crippen MR) is 130 cm³/mol. The lowest BCUT2D eigenvalue weighted by Crippen LogP contribution is -2.49. The summed E-state index contributed by atoms with van der Waals surface area (Å²) < 4.78 is 0. The summed E-state index contributed by atoms with van der Waals surface area (Å²) in [4.78, 5) is 29.8. The number of hydrogen-bond acceptors (Lipinski definition) is 2. The Bertz CT molecular complexity index is 1140. The minimum atomic E-state index is -0.241. The third-order valence-corrected chi connectivity index (χ3v) is 5.82. The summed E-state index contributed by atoms with van der Waals surface area (Å²) in [6, 6.07) is 20.7. The largest absolute Gasteiger partial charge is 0.324 e. The first-order valence-electron chi connectivity index (χ1n) is 10.7. The van der Waals surface area contributed by atoms with Crippen molar-refractivity contribution in [2.24, 2.45) is 0 Å². The third-order valence-electron chi connectivity index (χ3n) is 5.56. The van der Waals surface area contributed by atoms with E-state index in [-0.39, 0.29) is 11.9 Å². The van der Waals surface area contributed by atoms with E-state index >= 15 is 0 Å². The van der Waals surface area contributed by atoms with Gasteiger partial charge in [0.1, 0.15) is 0 Å². The molecule has 5 nitrogen and oxygen atoms in total. The number of halogens is 1. The molecule has 164 valence electrons. The van der Waals surface area contributed by atoms with E-state index in [9.17, 15) is 9.59 Å². The molecular formula is C26H26ClN3O2. The molecule has 0 saturated carbocycles. The molecule has 0 bridgehead atoms. The summed E-state index contributed by atoms with van der Waals surface area (Å²) in [5.41, 5.74) is 5.12. The lowest BCUT2D eigenvalue weighted by atomic mass is 10.1. The van der Waals surface area contributed by atoms with Gasteiger partial charge in [0.05, 0.1) is 11.4 Å². The number of amides is 3. The second-order valence-electron chi connectivity index (χ2n) is 8.18. The van der Waals surface area contributed by atoms with E-state index in [1.807, 2.05) is 42.2 Å². The first kappa shape index (κ1) is 21.9. The zero-order valence-corrected chi connectivity index (χ0v) is 19.0. The van der Waals surface area contributed by atoms with Crippen LogP contribution in [-0.2, 0) is 6.54 Å². The lowest BCUT2D eigenvalue weighted by Gasteiger charge is -2.36. The molecule has 0 aliphatic carbocycles. The van der Waals surface area contributed by atoms with Crippen LogP contribution in [0, 0.1) is 13.8 Å². The van der Waals surface area contributed by atoms with Gasteiger partial charge in [-0.25, -0.2) is 4.79 Å². The first-order chi connectivity index (χ1) is 15.4. The van der Waals surface area contributed by atoms with Crippen molar-refractivity contribution in [1.82, 2.24) is 4.90 Å². The van der Waals surface area contributed by atoms with Crippen LogP contribution in [-0.4, -0.2) is 29.9 Å². The van der Waals surface area contributed by atoms with Crippen molar-refractivity contribution in [2.45, 2.75) is 26.8 Å². The molecule has 1 aliphatic rings. The zero-order chi connectivity index (χ0) is 22.7. The van der Waals surface area contributed by atoms with Crippen LogP contribution < -0.4 is 10.2 Å². The fraction of sp³-hybridized carbons (Fsp3) is 0.231. The lowest BCUT2D eigenvalue weighted by molar-refractivity contribution is 0.102. The highest BCUT2D eigenvalue weighted by Crippen LogP contribution is 2.31. The molecule has 1 N–H and O–H groups in total. The molecular weight excluding hydrogens is 422 g/mol. The quantitative estimate of drug-likeness (QED) is 0.518. The highest BCUT2D eigenvalue weighted by Gasteiger charge is 2.28. The van der Waals surface area contributed by atoms with E-state index in [0.717, 1.165) is 17.5 Å². The Balaban J connectivity index is 1.57. The summed E-state index contributed by atoms with van der Waals surface area (Å²) >= 11 is 5.94. The van der Waals surface area contributed by atoms with E-state index in [2.05, 4.69) is 24.4 Å². The van der Waals surface area contributed by atoms with E-state index in [4.69, 9.17) is 11.6 Å². The Morgan fingerprint density at radius 3 is 2.47 bits per heavy atom. The van der Waals surface area contributed by atoms with Crippen LogP contribution >= 0.6 is 11.6 Å². The summed E-state index contributed by atoms with van der Waals surface area (Å²) in [5.74, 6) is -0.241. The third kappa shape index (κ3) is 4.94. The number of rotatable bonds is 5. The smallest absolute Gasteiger partial charge is 0.320 e. The number of nitrogens with zero attached hydrogens (tertiary/aromatic N) is 2. The van der Waals surface area contributed by atoms with Gasteiger partial charge in [-0.3, -0.25) is 9.69 Å². The number of aryl methyl sites for hydroxylation is 2. The van der Waals surface area contributed by atoms with Crippen molar-refractivity contribution in [3.63, 3.8) is 0 Å². The van der Waals surface area contributed by atoms with Crippen LogP contribution in [0.5, 0.6) is 0 Å². The molecule has 1 saturated heterocycles. The van der Waals surface area contributed by atoms with Gasteiger partial charge in [-0.2, -0.15) is 0 Å². The Hall–Kier alpha value is -3.31. The fourth-order valence-corrected chi connectivity index (χ4v) is 4.09. The SMILES string of the molecule is Cc1cccc(CN2CCCN(c3ccc(C)cc3NC(=O)c3ccc(Cl)cc3)C2=O)c1. The normalized spacial score (nSPS) is 13.9. The van der Waals surface area contributed by atoms with Gasteiger partial charge in [0, 0.05) is 30.2 Å². The average molecular weight is 448 g/mol. The van der Waals surface area contributed by atoms with Gasteiger partial charge < -0.3 is 10.2 Å². The maximum Gasteiger partial charge on any atom is 0.324 e. The van der Waals surface area contributed by atoms with Gasteiger partial charge in [-0.05, 0) is 67.8 Å². The van der Waals surface area contributed by atoms with Crippen LogP contribution in [0.2, 0.25) is 5.02 Å². The summed E-state index contributed by atoms with van der Waals surface area (Å²) in [7, 11) is 0. The van der Waals surface area contributed by atoms with Crippen LogP contribution in [0.3, 0.4) is 0 Å². The number of carbonyl (C=O) groups excluding carboxylic acids is 2. The van der Waals surface area contributed by atoms with Gasteiger partial charge in [-0.15, -0.1) is 0 Å². The van der Waals surface area contributed by atoms with Crippen molar-refractivity contribution in [2.75, 3.05) is 23.3 Å². The number of nitrogens with one attached hydrogen (secondary N) is 1. The molecule has 6 heteroatoms. The second kappa shape index (κ2) is 9.45. The fourth-order valence-electron chi connectivity index (χ4n) is 3.96. The number of hydrogen-bond donors (Lipinski definition) is 1. The standard InChI is InChI=1S/C26H26ClN3O2/c1-18-5-3-6-20(15-18)17-29-13-4-14-30(26(29)32)24-12-7-19(2)16-23(24)28-25(31)21-8-10-22(27)11-9-21/h3,5-12,15-16H,4,13-14,17H2,1-2H3,(H,28,31). The second-order valence-corrected chi connectivity index (χ2v) is 8.62. The topological polar surface area (TPSA) is 52.6 Å². The van der Waals surface area contributed by atoms with Crippen molar-refractivity contribution in [3.05, 3.63) is 94.0 Å². The number of anilines is 2. The van der Waals surface area contributed by atoms with Crippen molar-refractivity contribution in [1.29, 1.82) is 0 Å². The first-order valence-corrected chi connectivity index (χ1v) is 11.1. The molecule has 1 fully saturated rings. The monoisotopic (exact) mass is 447 g/mol. The minimum Gasteiger partial charge on any atom is -0.320 e. The van der Waals surface area contributed by atoms with Gasteiger partial charge in [0.15, 0.2) is 0 Å². The Morgan fingerprint density at radius 2 is 1.72 bits per heavy atom. The molecule has 4 rings (SSSR count). The van der Waals surface area contributed by atoms with Crippen molar-refractivity contribution in [3.8, 4) is 0 Å². The highest BCUT2D eigenvalue weighted by molar-refractivity contribution is 6.30. The summed E-state index contributed by atoms with van der Waals surface area (Å²) in [6.45, 7) is 5.90. The minimum absolute atomic E-state index is 0.0522. The molecule has 0 radical (unpaired) electrons. The Labute approximate surface area is 193 Å². The van der Waals surface area contributed by atoms with Crippen LogP contribution in [0.4, 0.5) is 16.2 Å². The molecule has 3 aromatic carbocycles. The molecule has 0 unspecified atom stereocenters. The van der Waals surface area contributed by atoms with Crippen LogP contribution in [0.15, 0.2) is 66.7 Å². The number of urea groups is 1. The van der Waals surface area contributed by atoms with Crippen molar-refractivity contribution >= 4 is 34.9 Å². The molecule has 3 aromatic rings. The van der Waals surface area contributed by atoms with E-state index in [0.29, 0.717) is 41.6 Å². The van der Waals surface area contributed by atoms with Crippen LogP contribution in [0.1, 0.15) is 33.5 Å². The molecule has 32 heavy (non-hydrogen) atoms. The zero-order valence-electron chi connectivity index (χ0n) is 18.3. The number of carbonyl (C=O) groups is 2. The van der Waals surface area contributed by atoms with E-state index in [1.165, 1.54) is 5.56 Å². The summed E-state index contributed by atoms with van der Waals surface area (Å²) in [6.07, 6.45) is 0.857. The Morgan fingerprint density at radius 1 is 0.969 bits per heavy atom. The van der Waals surface area contributed by atoms with Gasteiger partial charge in [0.25, 0.3) is 5.91 Å². The molecule has 1 heterocycles. The molecule has 0 spiro atoms. The summed E-state index contributed by atoms with van der Waals surface area (Å²) in [5, 5.41) is 3.56. The molecule has 0 aromatic heterocycles. The molecule has 3 amide bonds. The van der Waals surface area contributed by atoms with Crippen LogP contribution in [0.25, 0.3) is 0 Å². The number of benzene rings is 3. The maximum absolute atomic E-state index is 13.4. The van der Waals surface area contributed by atoms with E-state index in [1.54, 1.807) is 29.2 Å². The Kier molecular flexibility index (Phi) is 6.47. The van der Waals surface area contributed by atoms with Gasteiger partial charge in [-0.1, -0.05) is 47.5 Å². The molecule has 0 atom stereocenters. The van der Waals surface area contributed by atoms with Gasteiger partial charge in [0.2, 0.25) is 0 Å². The predicted octanol–water partition coefficient (Wildman–Crippen LogP) is 6.04.